The van der Waals surface area contributed by atoms with Crippen LogP contribution in [0.15, 0.2) is 376 Å². The molecule has 4 aliphatic rings. The third-order valence-electron chi connectivity index (χ3n) is 23.1. The van der Waals surface area contributed by atoms with E-state index < -0.39 is 0 Å². The summed E-state index contributed by atoms with van der Waals surface area (Å²) in [5.41, 5.74) is 32.6. The smallest absolute Gasteiger partial charge is 0.252 e. The van der Waals surface area contributed by atoms with Crippen molar-refractivity contribution >= 4 is 180 Å². The maximum atomic E-state index is 2.66. The molecule has 6 nitrogen and oxygen atoms in total. The minimum absolute atomic E-state index is 0.192. The Morgan fingerprint density at radius 1 is 0.179 bits per heavy atom. The van der Waals surface area contributed by atoms with Crippen LogP contribution in [0.1, 0.15) is 0 Å². The van der Waals surface area contributed by atoms with Crippen LogP contribution >= 0.6 is 0 Å². The van der Waals surface area contributed by atoms with E-state index in [4.69, 9.17) is 0 Å². The summed E-state index contributed by atoms with van der Waals surface area (Å²) in [5.74, 6) is 0. The van der Waals surface area contributed by atoms with E-state index in [-0.39, 0.29) is 13.4 Å². The Morgan fingerprint density at radius 3 is 0.840 bits per heavy atom. The van der Waals surface area contributed by atoms with E-state index in [0.29, 0.717) is 0 Å². The van der Waals surface area contributed by atoms with Crippen LogP contribution in [-0.4, -0.2) is 22.6 Å². The summed E-state index contributed by atoms with van der Waals surface area (Å²) in [4.78, 5) is 10.3. The largest absolute Gasteiger partial charge is 0.311 e. The number of aromatic nitrogens is 2. The molecule has 0 radical (unpaired) electrons. The van der Waals surface area contributed by atoms with E-state index in [0.717, 1.165) is 102 Å². The third-order valence-corrected chi connectivity index (χ3v) is 23.1. The molecule has 0 unspecified atom stereocenters. The maximum absolute atomic E-state index is 2.66. The molecule has 0 aliphatic carbocycles. The molecule has 6 heterocycles. The van der Waals surface area contributed by atoms with Gasteiger partial charge in [-0.05, 0) is 192 Å². The van der Waals surface area contributed by atoms with Crippen LogP contribution in [0.4, 0.5) is 68.2 Å². The van der Waals surface area contributed by atoms with E-state index in [1.54, 1.807) is 0 Å². The van der Waals surface area contributed by atoms with Crippen molar-refractivity contribution < 1.29 is 0 Å². The van der Waals surface area contributed by atoms with Gasteiger partial charge in [-0.2, -0.15) is 0 Å². The number of benzene rings is 17. The van der Waals surface area contributed by atoms with Crippen molar-refractivity contribution in [2.75, 3.05) is 19.6 Å². The van der Waals surface area contributed by atoms with Gasteiger partial charge in [0.15, 0.2) is 0 Å². The molecule has 19 aromatic rings. The first-order chi connectivity index (χ1) is 52.7. The predicted octanol–water partition coefficient (Wildman–Crippen LogP) is 21.7. The molecule has 106 heavy (non-hydrogen) atoms. The van der Waals surface area contributed by atoms with Crippen LogP contribution < -0.4 is 52.4 Å². The molecule has 2 aromatic heterocycles. The first-order valence-electron chi connectivity index (χ1n) is 36.8. The molecule has 0 N–H and O–H groups in total. The molecule has 17 aromatic carbocycles. The minimum Gasteiger partial charge on any atom is -0.311 e. The van der Waals surface area contributed by atoms with Gasteiger partial charge in [0, 0.05) is 89.8 Å². The molecule has 0 bridgehead atoms. The Balaban J connectivity index is 0.841. The molecule has 0 spiro atoms. The second-order valence-electron chi connectivity index (χ2n) is 28.6. The SMILES string of the molecule is c1ccc(-c2cc3c(c4ccccc24)c2ccccc2n3-c2cc3c4c(c2)N(c2ccccc2)c2cc5c(cc2B4c2ccccc2N3c2ccccc2)B2c3ccccc3N(c3ccccc3)c3cc(-n4c6ccccc6c6c7ccccc7c(-c7ccccc7)cc64)cc(c32)N5c2ccccc2)cc1. The topological polar surface area (TPSA) is 22.8 Å². The fourth-order valence-corrected chi connectivity index (χ4v) is 19.0. The summed E-state index contributed by atoms with van der Waals surface area (Å²) in [6.07, 6.45) is 0. The molecule has 4 aliphatic heterocycles. The number of para-hydroxylation sites is 8. The van der Waals surface area contributed by atoms with Crippen molar-refractivity contribution in [1.82, 2.24) is 9.13 Å². The Kier molecular flexibility index (Phi) is 12.7. The number of anilines is 12. The number of fused-ring (bicyclic) bond motifs is 18. The average molecular weight is 1350 g/mol. The number of hydrogen-bond acceptors (Lipinski definition) is 4. The highest BCUT2D eigenvalue weighted by molar-refractivity contribution is 7.03. The molecule has 8 heteroatoms. The first kappa shape index (κ1) is 58.8. The van der Waals surface area contributed by atoms with Gasteiger partial charge < -0.3 is 28.7 Å². The zero-order valence-corrected chi connectivity index (χ0v) is 57.6. The standard InChI is InChI=1S/C98H62B2N6/c1-7-31-63(32-8-1)77-59-89-95(73-45-21-19-43-71(73)77)75-47-23-27-51-83(75)105(89)69-55-91-97-93(57-69)103(67-39-15-5-16-40-67)87-62-88-82(61-81(87)99(97)79-49-25-29-53-85(79)101(91)65-35-11-3-12-36-65)100-80-50-26-30-54-86(80)102(66-37-13-4-14-38-66)92-56-70(58-94(98(92)100)104(88)68-41-17-6-18-42-68)106-84-52-28-24-48-76(84)96-74-46-22-20-44-72(74)78(60-90(96)106)64-33-9-2-10-34-64/h1-62H. The van der Waals surface area contributed by atoms with Gasteiger partial charge in [0.25, 0.3) is 13.4 Å². The Bertz CT molecular complexity index is 6450. The second-order valence-corrected chi connectivity index (χ2v) is 28.6. The zero-order chi connectivity index (χ0) is 69.2. The molecule has 0 atom stereocenters. The van der Waals surface area contributed by atoms with Crippen molar-refractivity contribution in [2.45, 2.75) is 0 Å². The zero-order valence-electron chi connectivity index (χ0n) is 57.6. The van der Waals surface area contributed by atoms with Gasteiger partial charge in [-0.1, -0.05) is 261 Å². The normalized spacial score (nSPS) is 13.2. The van der Waals surface area contributed by atoms with Gasteiger partial charge >= 0.3 is 0 Å². The highest BCUT2D eigenvalue weighted by Gasteiger charge is 2.49. The van der Waals surface area contributed by atoms with E-state index in [2.05, 4.69) is 405 Å². The lowest BCUT2D eigenvalue weighted by Crippen LogP contribution is -2.65. The summed E-state index contributed by atoms with van der Waals surface area (Å²) in [5, 5.41) is 9.84. The van der Waals surface area contributed by atoms with Crippen LogP contribution in [0, 0.1) is 0 Å². The molecule has 0 saturated heterocycles. The van der Waals surface area contributed by atoms with Crippen LogP contribution in [0.25, 0.3) is 98.8 Å². The lowest BCUT2D eigenvalue weighted by molar-refractivity contribution is 1.16. The first-order valence-corrected chi connectivity index (χ1v) is 36.8. The van der Waals surface area contributed by atoms with Crippen molar-refractivity contribution in [1.29, 1.82) is 0 Å². The van der Waals surface area contributed by atoms with E-state index in [1.807, 2.05) is 0 Å². The molecule has 490 valence electrons. The van der Waals surface area contributed by atoms with E-state index in [9.17, 15) is 0 Å². The molecular formula is C98H62B2N6. The summed E-state index contributed by atoms with van der Waals surface area (Å²) in [6, 6.07) is 141. The van der Waals surface area contributed by atoms with E-state index >= 15 is 0 Å². The third kappa shape index (κ3) is 8.40. The van der Waals surface area contributed by atoms with Gasteiger partial charge in [0.1, 0.15) is 0 Å². The molecule has 0 fully saturated rings. The van der Waals surface area contributed by atoms with Crippen LogP contribution in [0.2, 0.25) is 0 Å². The Morgan fingerprint density at radius 2 is 0.472 bits per heavy atom. The number of hydrogen-bond donors (Lipinski definition) is 0. The second kappa shape index (κ2) is 22.8. The lowest BCUT2D eigenvalue weighted by Gasteiger charge is -2.47. The molecule has 0 amide bonds. The monoisotopic (exact) mass is 1340 g/mol. The maximum Gasteiger partial charge on any atom is 0.252 e. The van der Waals surface area contributed by atoms with Crippen LogP contribution in [-0.2, 0) is 0 Å². The van der Waals surface area contributed by atoms with Gasteiger partial charge in [-0.15, -0.1) is 0 Å². The lowest BCUT2D eigenvalue weighted by atomic mass is 9.30. The van der Waals surface area contributed by atoms with Crippen LogP contribution in [0.3, 0.4) is 0 Å². The highest BCUT2D eigenvalue weighted by atomic mass is 15.2. The molecule has 0 saturated carbocycles. The summed E-state index contributed by atoms with van der Waals surface area (Å²) in [6.45, 7) is -0.384. The highest BCUT2D eigenvalue weighted by Crippen LogP contribution is 2.52. The molecule has 23 rings (SSSR count). The van der Waals surface area contributed by atoms with Crippen LogP contribution in [0.5, 0.6) is 0 Å². The summed E-state index contributed by atoms with van der Waals surface area (Å²) in [7, 11) is 0. The quantitative estimate of drug-likeness (QED) is 0.141. The summed E-state index contributed by atoms with van der Waals surface area (Å²) >= 11 is 0. The van der Waals surface area contributed by atoms with Crippen molar-refractivity contribution in [3.8, 4) is 33.6 Å². The van der Waals surface area contributed by atoms with Crippen molar-refractivity contribution in [3.05, 3.63) is 376 Å². The average Bonchev–Trinajstić information content (AvgIpc) is 1.03. The van der Waals surface area contributed by atoms with Crippen molar-refractivity contribution in [2.24, 2.45) is 0 Å². The van der Waals surface area contributed by atoms with Gasteiger partial charge in [-0.25, -0.2) is 0 Å². The fraction of sp³-hybridized carbons (Fsp3) is 0. The fourth-order valence-electron chi connectivity index (χ4n) is 19.0. The minimum atomic E-state index is -0.192. The predicted molar refractivity (Wildman–Crippen MR) is 449 cm³/mol. The molecular weight excluding hydrogens is 1280 g/mol. The van der Waals surface area contributed by atoms with Gasteiger partial charge in [0.05, 0.1) is 33.4 Å². The van der Waals surface area contributed by atoms with Crippen molar-refractivity contribution in [3.63, 3.8) is 0 Å². The Labute approximate surface area is 614 Å². The number of rotatable bonds is 8. The van der Waals surface area contributed by atoms with Gasteiger partial charge in [0.2, 0.25) is 0 Å². The van der Waals surface area contributed by atoms with Gasteiger partial charge in [-0.3, -0.25) is 0 Å². The Hall–Kier alpha value is -13.8. The van der Waals surface area contributed by atoms with E-state index in [1.165, 1.54) is 98.1 Å². The summed E-state index contributed by atoms with van der Waals surface area (Å²) < 4.78 is 5.13. The number of nitrogens with zero attached hydrogens (tertiary/aromatic N) is 6.